The lowest BCUT2D eigenvalue weighted by molar-refractivity contribution is 0.0961. The molecule has 42 heavy (non-hydrogen) atoms. The van der Waals surface area contributed by atoms with Gasteiger partial charge in [0.2, 0.25) is 10.0 Å². The predicted molar refractivity (Wildman–Crippen MR) is 165 cm³/mol. The van der Waals surface area contributed by atoms with Crippen LogP contribution in [0, 0.1) is 6.92 Å². The summed E-state index contributed by atoms with van der Waals surface area (Å²) in [5.74, 6) is -0.834. The topological polar surface area (TPSA) is 130 Å². The SMILES string of the molecule is Cc1c(-c2cn(C)c(=O)c(Nc3ccc(C(=O)NS(C)(=O)=O)cc3)n2)cccc1N(C(=O)c1ccccc1)C(C)(C)C. The number of carbonyl (C=O) groups excluding carboxylic acids is 2. The molecule has 0 aliphatic heterocycles. The second-order valence-corrected chi connectivity index (χ2v) is 12.7. The number of rotatable bonds is 7. The van der Waals surface area contributed by atoms with Crippen LogP contribution < -0.4 is 20.5 Å². The summed E-state index contributed by atoms with van der Waals surface area (Å²) in [5, 5.41) is 3.00. The van der Waals surface area contributed by atoms with Gasteiger partial charge in [0.1, 0.15) is 0 Å². The van der Waals surface area contributed by atoms with Crippen LogP contribution in [-0.4, -0.2) is 41.6 Å². The summed E-state index contributed by atoms with van der Waals surface area (Å²) in [6.07, 6.45) is 2.53. The second-order valence-electron chi connectivity index (χ2n) is 10.9. The first-order valence-electron chi connectivity index (χ1n) is 13.1. The van der Waals surface area contributed by atoms with Crippen LogP contribution in [0.2, 0.25) is 0 Å². The molecule has 0 aliphatic rings. The molecule has 0 fully saturated rings. The Morgan fingerprint density at radius 3 is 2.14 bits per heavy atom. The molecule has 0 saturated heterocycles. The van der Waals surface area contributed by atoms with Crippen LogP contribution in [0.4, 0.5) is 17.2 Å². The van der Waals surface area contributed by atoms with Gasteiger partial charge in [0.25, 0.3) is 17.4 Å². The average molecular weight is 588 g/mol. The highest BCUT2D eigenvalue weighted by Crippen LogP contribution is 2.34. The Balaban J connectivity index is 1.71. The largest absolute Gasteiger partial charge is 0.336 e. The van der Waals surface area contributed by atoms with Gasteiger partial charge in [0.05, 0.1) is 11.9 Å². The summed E-state index contributed by atoms with van der Waals surface area (Å²) in [7, 11) is -2.08. The fraction of sp³-hybridized carbons (Fsp3) is 0.226. The van der Waals surface area contributed by atoms with Gasteiger partial charge in [-0.1, -0.05) is 30.3 Å². The van der Waals surface area contributed by atoms with Gasteiger partial charge in [-0.2, -0.15) is 0 Å². The number of hydrogen-bond acceptors (Lipinski definition) is 7. The van der Waals surface area contributed by atoms with Crippen molar-refractivity contribution in [3.63, 3.8) is 0 Å². The highest BCUT2D eigenvalue weighted by molar-refractivity contribution is 7.89. The van der Waals surface area contributed by atoms with E-state index in [1.54, 1.807) is 42.4 Å². The van der Waals surface area contributed by atoms with Gasteiger partial charge in [-0.15, -0.1) is 0 Å². The predicted octanol–water partition coefficient (Wildman–Crippen LogP) is 4.63. The summed E-state index contributed by atoms with van der Waals surface area (Å²) in [6.45, 7) is 7.84. The van der Waals surface area contributed by atoms with Crippen molar-refractivity contribution in [2.45, 2.75) is 33.2 Å². The smallest absolute Gasteiger partial charge is 0.293 e. The van der Waals surface area contributed by atoms with Crippen molar-refractivity contribution in [1.29, 1.82) is 0 Å². The van der Waals surface area contributed by atoms with Gasteiger partial charge in [0.15, 0.2) is 5.82 Å². The maximum Gasteiger partial charge on any atom is 0.293 e. The maximum absolute atomic E-state index is 13.7. The zero-order valence-electron chi connectivity index (χ0n) is 24.3. The fourth-order valence-electron chi connectivity index (χ4n) is 4.51. The van der Waals surface area contributed by atoms with Gasteiger partial charge in [-0.05, 0) is 75.7 Å². The molecule has 3 aromatic carbocycles. The molecule has 0 unspecified atom stereocenters. The van der Waals surface area contributed by atoms with Crippen LogP contribution >= 0.6 is 0 Å². The van der Waals surface area contributed by atoms with E-state index < -0.39 is 21.5 Å². The molecule has 1 heterocycles. The van der Waals surface area contributed by atoms with E-state index in [4.69, 9.17) is 0 Å². The standard InChI is InChI=1S/C31H33N5O5S/c1-20-24(13-10-14-26(20)36(31(2,3)4)29(38)22-11-8-7-9-12-22)25-19-35(5)30(39)27(33-25)32-23-17-15-21(16-18-23)28(37)34-42(6,40)41/h7-19H,1-6H3,(H,32,33)(H,34,37). The van der Waals surface area contributed by atoms with Gasteiger partial charge in [-0.3, -0.25) is 14.4 Å². The minimum atomic E-state index is -3.70. The van der Waals surface area contributed by atoms with Crippen molar-refractivity contribution in [3.05, 3.63) is 106 Å². The quantitative estimate of drug-likeness (QED) is 0.322. The second kappa shape index (κ2) is 11.6. The van der Waals surface area contributed by atoms with E-state index in [2.05, 4.69) is 10.3 Å². The summed E-state index contributed by atoms with van der Waals surface area (Å²) in [5.41, 5.74) is 3.08. The number of anilines is 3. The first-order valence-corrected chi connectivity index (χ1v) is 15.0. The van der Waals surface area contributed by atoms with E-state index in [0.29, 0.717) is 16.9 Å². The van der Waals surface area contributed by atoms with E-state index in [9.17, 15) is 22.8 Å². The molecule has 4 aromatic rings. The zero-order chi connectivity index (χ0) is 30.8. The lowest BCUT2D eigenvalue weighted by Crippen LogP contribution is -2.46. The third-order valence-electron chi connectivity index (χ3n) is 6.48. The Morgan fingerprint density at radius 1 is 0.905 bits per heavy atom. The Labute approximate surface area is 245 Å². The summed E-state index contributed by atoms with van der Waals surface area (Å²) in [4.78, 5) is 45.2. The van der Waals surface area contributed by atoms with E-state index >= 15 is 0 Å². The third kappa shape index (κ3) is 6.74. The molecule has 1 aromatic heterocycles. The third-order valence-corrected chi connectivity index (χ3v) is 7.03. The molecule has 0 spiro atoms. The van der Waals surface area contributed by atoms with Crippen LogP contribution in [0.1, 0.15) is 47.1 Å². The first kappa shape index (κ1) is 30.2. The lowest BCUT2D eigenvalue weighted by Gasteiger charge is -2.37. The summed E-state index contributed by atoms with van der Waals surface area (Å²) < 4.78 is 26.1. The normalized spacial score (nSPS) is 11.6. The van der Waals surface area contributed by atoms with Crippen LogP contribution in [0.5, 0.6) is 0 Å². The van der Waals surface area contributed by atoms with Crippen molar-refractivity contribution in [2.75, 3.05) is 16.5 Å². The number of sulfonamides is 1. The molecule has 0 radical (unpaired) electrons. The van der Waals surface area contributed by atoms with Crippen molar-refractivity contribution in [3.8, 4) is 11.3 Å². The van der Waals surface area contributed by atoms with Crippen LogP contribution in [-0.2, 0) is 17.1 Å². The van der Waals surface area contributed by atoms with Crippen LogP contribution in [0.15, 0.2) is 83.8 Å². The van der Waals surface area contributed by atoms with Gasteiger partial charge < -0.3 is 14.8 Å². The number of carbonyl (C=O) groups is 2. The zero-order valence-corrected chi connectivity index (χ0v) is 25.1. The van der Waals surface area contributed by atoms with E-state index in [0.717, 1.165) is 23.1 Å². The van der Waals surface area contributed by atoms with Crippen LogP contribution in [0.25, 0.3) is 11.3 Å². The Hall–Kier alpha value is -4.77. The molecule has 0 saturated carbocycles. The molecule has 0 atom stereocenters. The number of benzene rings is 3. The molecular formula is C31H33N5O5S. The van der Waals surface area contributed by atoms with Gasteiger partial charge in [-0.25, -0.2) is 18.1 Å². The fourth-order valence-corrected chi connectivity index (χ4v) is 4.97. The highest BCUT2D eigenvalue weighted by Gasteiger charge is 2.30. The Morgan fingerprint density at radius 2 is 1.55 bits per heavy atom. The average Bonchev–Trinajstić information content (AvgIpc) is 2.91. The number of nitrogens with zero attached hydrogens (tertiary/aromatic N) is 3. The minimum absolute atomic E-state index is 0.0566. The molecule has 218 valence electrons. The Bertz CT molecular complexity index is 1810. The molecule has 10 nitrogen and oxygen atoms in total. The number of aryl methyl sites for hydroxylation is 1. The van der Waals surface area contributed by atoms with Gasteiger partial charge >= 0.3 is 0 Å². The maximum atomic E-state index is 13.7. The molecule has 0 bridgehead atoms. The molecule has 2 amide bonds. The van der Waals surface area contributed by atoms with E-state index in [1.165, 1.54) is 16.7 Å². The summed E-state index contributed by atoms with van der Waals surface area (Å²) in [6, 6.07) is 20.7. The molecule has 11 heteroatoms. The van der Waals surface area contributed by atoms with Crippen molar-refractivity contribution in [2.24, 2.45) is 7.05 Å². The van der Waals surface area contributed by atoms with E-state index in [-0.39, 0.29) is 22.8 Å². The molecule has 2 N–H and O–H groups in total. The first-order chi connectivity index (χ1) is 19.7. The minimum Gasteiger partial charge on any atom is -0.336 e. The Kier molecular flexibility index (Phi) is 8.35. The van der Waals surface area contributed by atoms with E-state index in [1.807, 2.05) is 68.8 Å². The van der Waals surface area contributed by atoms with Crippen molar-refractivity contribution in [1.82, 2.24) is 14.3 Å². The molecule has 0 aliphatic carbocycles. The number of aromatic nitrogens is 2. The van der Waals surface area contributed by atoms with Crippen LogP contribution in [0.3, 0.4) is 0 Å². The number of hydrogen-bond donors (Lipinski definition) is 2. The highest BCUT2D eigenvalue weighted by atomic mass is 32.2. The molecule has 4 rings (SSSR count). The summed E-state index contributed by atoms with van der Waals surface area (Å²) >= 11 is 0. The lowest BCUT2D eigenvalue weighted by atomic mass is 9.97. The number of nitrogens with one attached hydrogen (secondary N) is 2. The number of amides is 2. The van der Waals surface area contributed by atoms with Crippen molar-refractivity contribution < 1.29 is 18.0 Å². The molecular weight excluding hydrogens is 554 g/mol. The van der Waals surface area contributed by atoms with Gasteiger partial charge in [0, 0.05) is 46.8 Å². The monoisotopic (exact) mass is 587 g/mol. The van der Waals surface area contributed by atoms with Crippen molar-refractivity contribution >= 4 is 39.0 Å².